The number of ether oxygens (including phenoxy) is 1. The molecule has 0 bridgehead atoms. The van der Waals surface area contributed by atoms with Gasteiger partial charge in [-0.2, -0.15) is 8.78 Å². The van der Waals surface area contributed by atoms with Crippen LogP contribution in [0.1, 0.15) is 36.7 Å². The fourth-order valence-corrected chi connectivity index (χ4v) is 2.53. The lowest BCUT2D eigenvalue weighted by atomic mass is 9.97. The standard InChI is InChI=1S/C18H22F2N2O/c1-12(2)16(17-13(3)6-5-9-21-17)22-11-14-7-4-8-15(10-14)23-18(19)20/h4-10,12,16,18,22H,11H2,1-3H3. The first-order valence-electron chi connectivity index (χ1n) is 7.66. The number of hydrogen-bond donors (Lipinski definition) is 1. The average Bonchev–Trinajstić information content (AvgIpc) is 2.48. The average molecular weight is 320 g/mol. The molecule has 0 radical (unpaired) electrons. The molecule has 0 spiro atoms. The number of alkyl halides is 2. The van der Waals surface area contributed by atoms with Crippen LogP contribution in [0.25, 0.3) is 0 Å². The largest absolute Gasteiger partial charge is 0.435 e. The summed E-state index contributed by atoms with van der Waals surface area (Å²) in [5, 5.41) is 3.47. The summed E-state index contributed by atoms with van der Waals surface area (Å²) >= 11 is 0. The number of aryl methyl sites for hydroxylation is 1. The molecule has 124 valence electrons. The predicted molar refractivity (Wildman–Crippen MR) is 86.5 cm³/mol. The summed E-state index contributed by atoms with van der Waals surface area (Å²) in [7, 11) is 0. The van der Waals surface area contributed by atoms with E-state index in [0.717, 1.165) is 16.8 Å². The van der Waals surface area contributed by atoms with Gasteiger partial charge >= 0.3 is 6.61 Å². The van der Waals surface area contributed by atoms with Crippen molar-refractivity contribution in [3.05, 3.63) is 59.4 Å². The zero-order valence-electron chi connectivity index (χ0n) is 13.6. The van der Waals surface area contributed by atoms with Gasteiger partial charge in [0.15, 0.2) is 0 Å². The SMILES string of the molecule is Cc1cccnc1C(NCc1cccc(OC(F)F)c1)C(C)C. The molecule has 1 heterocycles. The quantitative estimate of drug-likeness (QED) is 0.817. The van der Waals surface area contributed by atoms with Crippen LogP contribution in [-0.4, -0.2) is 11.6 Å². The summed E-state index contributed by atoms with van der Waals surface area (Å²) in [6, 6.07) is 10.8. The second kappa shape index (κ2) is 8.02. The van der Waals surface area contributed by atoms with Gasteiger partial charge in [0.1, 0.15) is 5.75 Å². The maximum Gasteiger partial charge on any atom is 0.387 e. The Bertz CT molecular complexity index is 632. The van der Waals surface area contributed by atoms with Gasteiger partial charge in [-0.15, -0.1) is 0 Å². The molecule has 0 aliphatic carbocycles. The molecule has 1 aromatic heterocycles. The number of nitrogens with zero attached hydrogens (tertiary/aromatic N) is 1. The summed E-state index contributed by atoms with van der Waals surface area (Å²) in [6.07, 6.45) is 1.79. The van der Waals surface area contributed by atoms with Crippen molar-refractivity contribution in [2.24, 2.45) is 5.92 Å². The smallest absolute Gasteiger partial charge is 0.387 e. The lowest BCUT2D eigenvalue weighted by Crippen LogP contribution is -2.27. The molecule has 2 rings (SSSR count). The van der Waals surface area contributed by atoms with E-state index in [2.05, 4.69) is 28.9 Å². The molecular formula is C18H22F2N2O. The van der Waals surface area contributed by atoms with Crippen molar-refractivity contribution >= 4 is 0 Å². The van der Waals surface area contributed by atoms with Crippen molar-refractivity contribution in [2.75, 3.05) is 0 Å². The van der Waals surface area contributed by atoms with Crippen molar-refractivity contribution in [3.63, 3.8) is 0 Å². The Morgan fingerprint density at radius 1 is 1.17 bits per heavy atom. The number of rotatable bonds is 7. The Morgan fingerprint density at radius 2 is 1.96 bits per heavy atom. The van der Waals surface area contributed by atoms with Gasteiger partial charge in [0.2, 0.25) is 0 Å². The first-order valence-corrected chi connectivity index (χ1v) is 7.66. The van der Waals surface area contributed by atoms with Gasteiger partial charge in [-0.25, -0.2) is 0 Å². The normalized spacial score (nSPS) is 12.7. The van der Waals surface area contributed by atoms with Crippen LogP contribution in [0.2, 0.25) is 0 Å². The molecule has 1 unspecified atom stereocenters. The monoisotopic (exact) mass is 320 g/mol. The molecule has 0 saturated heterocycles. The van der Waals surface area contributed by atoms with Crippen molar-refractivity contribution in [1.29, 1.82) is 0 Å². The summed E-state index contributed by atoms with van der Waals surface area (Å²) in [5.74, 6) is 0.526. The minimum absolute atomic E-state index is 0.0934. The first-order chi connectivity index (χ1) is 11.0. The zero-order valence-corrected chi connectivity index (χ0v) is 13.6. The Balaban J connectivity index is 2.09. The first kappa shape index (κ1) is 17.3. The van der Waals surface area contributed by atoms with Crippen LogP contribution >= 0.6 is 0 Å². The van der Waals surface area contributed by atoms with Crippen molar-refractivity contribution in [1.82, 2.24) is 10.3 Å². The third-order valence-corrected chi connectivity index (χ3v) is 3.66. The number of benzene rings is 1. The Labute approximate surface area is 135 Å². The Morgan fingerprint density at radius 3 is 2.61 bits per heavy atom. The van der Waals surface area contributed by atoms with Crippen molar-refractivity contribution < 1.29 is 13.5 Å². The van der Waals surface area contributed by atoms with Gasteiger partial charge in [0, 0.05) is 12.7 Å². The molecular weight excluding hydrogens is 298 g/mol. The van der Waals surface area contributed by atoms with E-state index < -0.39 is 6.61 Å². The fraction of sp³-hybridized carbons (Fsp3) is 0.389. The number of halogens is 2. The van der Waals surface area contributed by atoms with Crippen LogP contribution in [-0.2, 0) is 6.54 Å². The van der Waals surface area contributed by atoms with E-state index in [4.69, 9.17) is 0 Å². The van der Waals surface area contributed by atoms with E-state index in [0.29, 0.717) is 12.5 Å². The highest BCUT2D eigenvalue weighted by Crippen LogP contribution is 2.23. The van der Waals surface area contributed by atoms with Crippen molar-refractivity contribution in [3.8, 4) is 5.75 Å². The molecule has 0 saturated carbocycles. The third-order valence-electron chi connectivity index (χ3n) is 3.66. The van der Waals surface area contributed by atoms with Crippen LogP contribution in [0.4, 0.5) is 8.78 Å². The van der Waals surface area contributed by atoms with E-state index in [1.165, 1.54) is 6.07 Å². The molecule has 0 aliphatic heterocycles. The molecule has 0 aliphatic rings. The molecule has 23 heavy (non-hydrogen) atoms. The van der Waals surface area contributed by atoms with E-state index >= 15 is 0 Å². The van der Waals surface area contributed by atoms with Crippen LogP contribution in [0, 0.1) is 12.8 Å². The second-order valence-corrected chi connectivity index (χ2v) is 5.83. The van der Waals surface area contributed by atoms with Gasteiger partial charge < -0.3 is 10.1 Å². The second-order valence-electron chi connectivity index (χ2n) is 5.83. The van der Waals surface area contributed by atoms with E-state index in [-0.39, 0.29) is 11.8 Å². The summed E-state index contributed by atoms with van der Waals surface area (Å²) in [6.45, 7) is 4.04. The maximum absolute atomic E-state index is 12.3. The lowest BCUT2D eigenvalue weighted by molar-refractivity contribution is -0.0498. The molecule has 3 nitrogen and oxygen atoms in total. The van der Waals surface area contributed by atoms with Crippen LogP contribution in [0.3, 0.4) is 0 Å². The third kappa shape index (κ3) is 4.99. The van der Waals surface area contributed by atoms with Gasteiger partial charge in [-0.05, 0) is 42.2 Å². The molecule has 1 aromatic carbocycles. The van der Waals surface area contributed by atoms with Crippen LogP contribution < -0.4 is 10.1 Å². The van der Waals surface area contributed by atoms with Gasteiger partial charge in [0.25, 0.3) is 0 Å². The highest BCUT2D eigenvalue weighted by Gasteiger charge is 2.18. The maximum atomic E-state index is 12.3. The minimum atomic E-state index is -2.81. The zero-order chi connectivity index (χ0) is 16.8. The molecule has 0 amide bonds. The highest BCUT2D eigenvalue weighted by molar-refractivity contribution is 5.29. The van der Waals surface area contributed by atoms with Crippen LogP contribution in [0.5, 0.6) is 5.75 Å². The van der Waals surface area contributed by atoms with Gasteiger partial charge in [-0.1, -0.05) is 32.0 Å². The van der Waals surface area contributed by atoms with E-state index in [9.17, 15) is 8.78 Å². The molecule has 1 N–H and O–H groups in total. The van der Waals surface area contributed by atoms with E-state index in [1.807, 2.05) is 25.1 Å². The fourth-order valence-electron chi connectivity index (χ4n) is 2.53. The van der Waals surface area contributed by atoms with Crippen LogP contribution in [0.15, 0.2) is 42.6 Å². The molecule has 5 heteroatoms. The number of nitrogens with one attached hydrogen (secondary N) is 1. The van der Waals surface area contributed by atoms with Gasteiger partial charge in [-0.3, -0.25) is 4.98 Å². The molecule has 2 aromatic rings. The Kier molecular flexibility index (Phi) is 6.04. The Hall–Kier alpha value is -2.01. The topological polar surface area (TPSA) is 34.2 Å². The summed E-state index contributed by atoms with van der Waals surface area (Å²) in [4.78, 5) is 4.48. The van der Waals surface area contributed by atoms with E-state index in [1.54, 1.807) is 18.3 Å². The predicted octanol–water partition coefficient (Wildman–Crippen LogP) is 4.48. The number of pyridine rings is 1. The number of aromatic nitrogens is 1. The molecule has 1 atom stereocenters. The highest BCUT2D eigenvalue weighted by atomic mass is 19.3. The summed E-state index contributed by atoms with van der Waals surface area (Å²) < 4.78 is 29.0. The molecule has 0 fully saturated rings. The minimum Gasteiger partial charge on any atom is -0.435 e. The van der Waals surface area contributed by atoms with Crippen molar-refractivity contribution in [2.45, 2.75) is 40.0 Å². The lowest BCUT2D eigenvalue weighted by Gasteiger charge is -2.23. The number of hydrogen-bond acceptors (Lipinski definition) is 3. The summed E-state index contributed by atoms with van der Waals surface area (Å²) in [5.41, 5.74) is 3.04. The van der Waals surface area contributed by atoms with Gasteiger partial charge in [0.05, 0.1) is 11.7 Å².